The summed E-state index contributed by atoms with van der Waals surface area (Å²) >= 11 is 1.40. The predicted molar refractivity (Wildman–Crippen MR) is 77.2 cm³/mol. The molecule has 0 aliphatic heterocycles. The first-order valence-corrected chi connectivity index (χ1v) is 6.91. The summed E-state index contributed by atoms with van der Waals surface area (Å²) in [6.45, 7) is 1.91. The zero-order valence-electron chi connectivity index (χ0n) is 10.9. The number of carbonyl (C=O) groups excluding carboxylic acids is 1. The number of hydrogen-bond acceptors (Lipinski definition) is 4. The lowest BCUT2D eigenvalue weighted by molar-refractivity contribution is -0.136. The predicted octanol–water partition coefficient (Wildman–Crippen LogP) is 2.72. The van der Waals surface area contributed by atoms with Crippen molar-refractivity contribution in [2.45, 2.75) is 19.8 Å². The average molecular weight is 290 g/mol. The van der Waals surface area contributed by atoms with Gasteiger partial charge in [0.25, 0.3) is 5.91 Å². The van der Waals surface area contributed by atoms with Crippen LogP contribution in [0.4, 0.5) is 5.13 Å². The monoisotopic (exact) mass is 290 g/mol. The molecule has 1 aromatic carbocycles. The topological polar surface area (TPSA) is 79.3 Å². The van der Waals surface area contributed by atoms with E-state index in [4.69, 9.17) is 5.11 Å². The minimum atomic E-state index is -0.879. The second kappa shape index (κ2) is 6.29. The summed E-state index contributed by atoms with van der Waals surface area (Å²) < 4.78 is 0. The number of carboxylic acids is 1. The number of rotatable bonds is 5. The quantitative estimate of drug-likeness (QED) is 0.887. The minimum absolute atomic E-state index is 0.000648. The van der Waals surface area contributed by atoms with E-state index in [0.717, 1.165) is 10.4 Å². The molecule has 1 heterocycles. The van der Waals surface area contributed by atoms with Gasteiger partial charge in [0.1, 0.15) is 0 Å². The van der Waals surface area contributed by atoms with Crippen molar-refractivity contribution in [2.75, 3.05) is 5.32 Å². The Kier molecular flexibility index (Phi) is 4.47. The number of hydrogen-bond donors (Lipinski definition) is 2. The maximum atomic E-state index is 12.2. The van der Waals surface area contributed by atoms with Crippen molar-refractivity contribution in [2.24, 2.45) is 0 Å². The van der Waals surface area contributed by atoms with E-state index in [1.165, 1.54) is 11.3 Å². The maximum Gasteiger partial charge on any atom is 0.303 e. The van der Waals surface area contributed by atoms with Crippen LogP contribution in [0, 0.1) is 6.92 Å². The summed E-state index contributed by atoms with van der Waals surface area (Å²) in [5, 5.41) is 12.0. The van der Waals surface area contributed by atoms with Crippen LogP contribution in [0.15, 0.2) is 30.5 Å². The largest absolute Gasteiger partial charge is 0.481 e. The van der Waals surface area contributed by atoms with Gasteiger partial charge in [-0.3, -0.25) is 14.9 Å². The molecule has 0 fully saturated rings. The number of aromatic nitrogens is 1. The van der Waals surface area contributed by atoms with Gasteiger partial charge in [-0.25, -0.2) is 4.98 Å². The number of aliphatic carboxylic acids is 1. The van der Waals surface area contributed by atoms with E-state index in [1.807, 2.05) is 6.92 Å². The Morgan fingerprint density at radius 1 is 1.35 bits per heavy atom. The summed E-state index contributed by atoms with van der Waals surface area (Å²) in [5.41, 5.74) is 1.21. The van der Waals surface area contributed by atoms with Crippen molar-refractivity contribution < 1.29 is 14.7 Å². The standard InChI is InChI=1S/C14H14N2O3S/c1-9-8-15-14(20-9)16-13(19)11-5-3-2-4-10(11)6-7-12(17)18/h2-5,8H,6-7H2,1H3,(H,17,18)(H,15,16,19). The molecule has 0 radical (unpaired) electrons. The number of anilines is 1. The highest BCUT2D eigenvalue weighted by atomic mass is 32.1. The van der Waals surface area contributed by atoms with Gasteiger partial charge in [-0.05, 0) is 25.0 Å². The first-order chi connectivity index (χ1) is 9.56. The summed E-state index contributed by atoms with van der Waals surface area (Å²) in [6.07, 6.45) is 2.02. The highest BCUT2D eigenvalue weighted by molar-refractivity contribution is 7.15. The Morgan fingerprint density at radius 2 is 2.10 bits per heavy atom. The van der Waals surface area contributed by atoms with Crippen LogP contribution in [0.3, 0.4) is 0 Å². The lowest BCUT2D eigenvalue weighted by Gasteiger charge is -2.07. The van der Waals surface area contributed by atoms with E-state index in [1.54, 1.807) is 30.5 Å². The Balaban J connectivity index is 2.14. The zero-order chi connectivity index (χ0) is 14.5. The zero-order valence-corrected chi connectivity index (χ0v) is 11.7. The van der Waals surface area contributed by atoms with Gasteiger partial charge in [0, 0.05) is 23.1 Å². The molecule has 0 bridgehead atoms. The lowest BCUT2D eigenvalue weighted by atomic mass is 10.0. The molecule has 0 saturated carbocycles. The van der Waals surface area contributed by atoms with Crippen LogP contribution < -0.4 is 5.32 Å². The molecule has 0 atom stereocenters. The molecule has 2 aromatic rings. The SMILES string of the molecule is Cc1cnc(NC(=O)c2ccccc2CCC(=O)O)s1. The van der Waals surface area contributed by atoms with Crippen LogP contribution in [0.25, 0.3) is 0 Å². The summed E-state index contributed by atoms with van der Waals surface area (Å²) in [6, 6.07) is 7.01. The van der Waals surface area contributed by atoms with E-state index in [9.17, 15) is 9.59 Å². The van der Waals surface area contributed by atoms with Crippen molar-refractivity contribution in [1.82, 2.24) is 4.98 Å². The van der Waals surface area contributed by atoms with Gasteiger partial charge < -0.3 is 5.11 Å². The molecule has 1 aromatic heterocycles. The van der Waals surface area contributed by atoms with Crippen LogP contribution >= 0.6 is 11.3 Å². The third-order valence-electron chi connectivity index (χ3n) is 2.71. The highest BCUT2D eigenvalue weighted by Crippen LogP contribution is 2.19. The third kappa shape index (κ3) is 3.64. The fourth-order valence-electron chi connectivity index (χ4n) is 1.78. The lowest BCUT2D eigenvalue weighted by Crippen LogP contribution is -2.14. The Hall–Kier alpha value is -2.21. The Labute approximate surface area is 120 Å². The van der Waals surface area contributed by atoms with Gasteiger partial charge in [0.15, 0.2) is 5.13 Å². The van der Waals surface area contributed by atoms with E-state index in [0.29, 0.717) is 17.1 Å². The third-order valence-corrected chi connectivity index (χ3v) is 3.54. The minimum Gasteiger partial charge on any atom is -0.481 e. The van der Waals surface area contributed by atoms with Crippen molar-refractivity contribution in [3.05, 3.63) is 46.5 Å². The van der Waals surface area contributed by atoms with Gasteiger partial charge in [0.05, 0.1) is 0 Å². The number of carboxylic acid groups (broad SMARTS) is 1. The Morgan fingerprint density at radius 3 is 2.75 bits per heavy atom. The van der Waals surface area contributed by atoms with Crippen molar-refractivity contribution in [1.29, 1.82) is 0 Å². The summed E-state index contributed by atoms with van der Waals surface area (Å²) in [4.78, 5) is 27.9. The molecule has 0 saturated heterocycles. The highest BCUT2D eigenvalue weighted by Gasteiger charge is 2.13. The Bertz CT molecular complexity index is 637. The van der Waals surface area contributed by atoms with Gasteiger partial charge in [-0.1, -0.05) is 18.2 Å². The molecule has 0 unspecified atom stereocenters. The summed E-state index contributed by atoms with van der Waals surface area (Å²) in [7, 11) is 0. The number of nitrogens with zero attached hydrogens (tertiary/aromatic N) is 1. The second-order valence-corrected chi connectivity index (χ2v) is 5.52. The number of aryl methyl sites for hydroxylation is 2. The molecule has 0 aliphatic carbocycles. The van der Waals surface area contributed by atoms with Gasteiger partial charge >= 0.3 is 5.97 Å². The normalized spacial score (nSPS) is 10.2. The van der Waals surface area contributed by atoms with Crippen LogP contribution in [-0.4, -0.2) is 22.0 Å². The molecule has 20 heavy (non-hydrogen) atoms. The fraction of sp³-hybridized carbons (Fsp3) is 0.214. The number of thiazole rings is 1. The summed E-state index contributed by atoms with van der Waals surface area (Å²) in [5.74, 6) is -1.14. The molecule has 2 N–H and O–H groups in total. The molecule has 104 valence electrons. The first-order valence-electron chi connectivity index (χ1n) is 6.10. The molecular formula is C14H14N2O3S. The second-order valence-electron chi connectivity index (χ2n) is 4.28. The number of carbonyl (C=O) groups is 2. The van der Waals surface area contributed by atoms with E-state index in [-0.39, 0.29) is 12.3 Å². The van der Waals surface area contributed by atoms with Crippen molar-refractivity contribution in [3.63, 3.8) is 0 Å². The smallest absolute Gasteiger partial charge is 0.303 e. The molecule has 5 nitrogen and oxygen atoms in total. The van der Waals surface area contributed by atoms with Gasteiger partial charge in [0.2, 0.25) is 0 Å². The van der Waals surface area contributed by atoms with Gasteiger partial charge in [-0.15, -0.1) is 11.3 Å². The van der Waals surface area contributed by atoms with E-state index >= 15 is 0 Å². The number of benzene rings is 1. The molecule has 2 rings (SSSR count). The fourth-order valence-corrected chi connectivity index (χ4v) is 2.44. The number of nitrogens with one attached hydrogen (secondary N) is 1. The van der Waals surface area contributed by atoms with Crippen LogP contribution in [0.2, 0.25) is 0 Å². The van der Waals surface area contributed by atoms with Crippen molar-refractivity contribution >= 4 is 28.3 Å². The first kappa shape index (κ1) is 14.2. The molecule has 6 heteroatoms. The van der Waals surface area contributed by atoms with Crippen LogP contribution in [0.1, 0.15) is 27.2 Å². The van der Waals surface area contributed by atoms with Crippen LogP contribution in [0.5, 0.6) is 0 Å². The van der Waals surface area contributed by atoms with Crippen LogP contribution in [-0.2, 0) is 11.2 Å². The molecule has 0 spiro atoms. The van der Waals surface area contributed by atoms with Crippen molar-refractivity contribution in [3.8, 4) is 0 Å². The number of amides is 1. The van der Waals surface area contributed by atoms with E-state index in [2.05, 4.69) is 10.3 Å². The maximum absolute atomic E-state index is 12.2. The molecular weight excluding hydrogens is 276 g/mol. The molecule has 0 aliphatic rings. The van der Waals surface area contributed by atoms with Gasteiger partial charge in [-0.2, -0.15) is 0 Å². The van der Waals surface area contributed by atoms with E-state index < -0.39 is 5.97 Å². The molecule has 1 amide bonds. The average Bonchev–Trinajstić information content (AvgIpc) is 2.82.